The highest BCUT2D eigenvalue weighted by molar-refractivity contribution is 5.97. The van der Waals surface area contributed by atoms with Crippen molar-refractivity contribution in [1.29, 1.82) is 0 Å². The van der Waals surface area contributed by atoms with Crippen LogP contribution in [0.4, 0.5) is 5.69 Å². The van der Waals surface area contributed by atoms with Crippen molar-refractivity contribution in [3.63, 3.8) is 0 Å². The van der Waals surface area contributed by atoms with Crippen molar-refractivity contribution in [2.45, 2.75) is 78.8 Å². The van der Waals surface area contributed by atoms with Crippen molar-refractivity contribution < 1.29 is 4.79 Å². The second-order valence-electron chi connectivity index (χ2n) is 9.04. The molecule has 0 heterocycles. The maximum Gasteiger partial charge on any atom is 0.247 e. The minimum absolute atomic E-state index is 0.0660. The number of hydrogen-bond acceptors (Lipinski definition) is 2. The zero-order valence-electron chi connectivity index (χ0n) is 19.1. The van der Waals surface area contributed by atoms with E-state index >= 15 is 0 Å². The molecule has 1 saturated carbocycles. The van der Waals surface area contributed by atoms with E-state index in [0.717, 1.165) is 29.7 Å². The third-order valence-electron chi connectivity index (χ3n) is 5.93. The van der Waals surface area contributed by atoms with Crippen LogP contribution in [0.1, 0.15) is 69.6 Å². The second-order valence-corrected chi connectivity index (χ2v) is 9.04. The summed E-state index contributed by atoms with van der Waals surface area (Å²) < 4.78 is 0. The molecule has 0 radical (unpaired) electrons. The van der Waals surface area contributed by atoms with Crippen LogP contribution >= 0.6 is 0 Å². The van der Waals surface area contributed by atoms with Gasteiger partial charge in [0.05, 0.1) is 0 Å². The van der Waals surface area contributed by atoms with Gasteiger partial charge in [-0.05, 0) is 93.5 Å². The molecule has 1 amide bonds. The van der Waals surface area contributed by atoms with Gasteiger partial charge in [-0.15, -0.1) is 0 Å². The van der Waals surface area contributed by atoms with Crippen LogP contribution in [0.3, 0.4) is 0 Å². The van der Waals surface area contributed by atoms with Gasteiger partial charge in [-0.25, -0.2) is 0 Å². The number of nitrogens with one attached hydrogen (secondary N) is 2. The molecule has 2 N–H and O–H groups in total. The summed E-state index contributed by atoms with van der Waals surface area (Å²) in [7, 11) is 0. The first-order chi connectivity index (χ1) is 14.3. The highest BCUT2D eigenvalue weighted by atomic mass is 16.1. The first kappa shape index (κ1) is 22.1. The van der Waals surface area contributed by atoms with Gasteiger partial charge in [0, 0.05) is 23.3 Å². The standard InChI is InChI=1S/C27H36N2O/c1-18(2)28-25-13-11-22(12-14-25)26-17-19(3)23(15-20(26)4)16-21(5)27(30)29-24-9-7-6-8-10-24/h11-18,24,28H,6-10H2,1-5H3,(H,29,30)/b21-16+. The third kappa shape index (κ3) is 5.75. The summed E-state index contributed by atoms with van der Waals surface area (Å²) in [6.07, 6.45) is 7.99. The molecule has 0 spiro atoms. The molecule has 0 unspecified atom stereocenters. The van der Waals surface area contributed by atoms with E-state index in [1.807, 2.05) is 13.0 Å². The molecule has 1 aliphatic carbocycles. The summed E-state index contributed by atoms with van der Waals surface area (Å²) in [5.74, 6) is 0.0660. The molecule has 3 heteroatoms. The monoisotopic (exact) mass is 404 g/mol. The van der Waals surface area contributed by atoms with Crippen LogP contribution in [0.5, 0.6) is 0 Å². The maximum absolute atomic E-state index is 12.6. The lowest BCUT2D eigenvalue weighted by Crippen LogP contribution is -2.36. The zero-order chi connectivity index (χ0) is 21.7. The van der Waals surface area contributed by atoms with Crippen LogP contribution in [-0.2, 0) is 4.79 Å². The molecule has 2 aromatic rings. The van der Waals surface area contributed by atoms with E-state index in [4.69, 9.17) is 0 Å². The lowest BCUT2D eigenvalue weighted by atomic mass is 9.93. The van der Waals surface area contributed by atoms with Crippen LogP contribution in [0.15, 0.2) is 42.0 Å². The fraction of sp³-hybridized carbons (Fsp3) is 0.444. The Kier molecular flexibility index (Phi) is 7.36. The van der Waals surface area contributed by atoms with Gasteiger partial charge in [0.2, 0.25) is 5.91 Å². The Morgan fingerprint density at radius 2 is 1.67 bits per heavy atom. The van der Waals surface area contributed by atoms with Gasteiger partial charge in [0.1, 0.15) is 0 Å². The first-order valence-electron chi connectivity index (χ1n) is 11.3. The number of benzene rings is 2. The Bertz CT molecular complexity index is 903. The molecule has 3 nitrogen and oxygen atoms in total. The van der Waals surface area contributed by atoms with Gasteiger partial charge < -0.3 is 10.6 Å². The highest BCUT2D eigenvalue weighted by Gasteiger charge is 2.16. The smallest absolute Gasteiger partial charge is 0.247 e. The van der Waals surface area contributed by atoms with E-state index in [2.05, 4.69) is 74.7 Å². The minimum atomic E-state index is 0.0660. The maximum atomic E-state index is 12.6. The average molecular weight is 405 g/mol. The summed E-state index contributed by atoms with van der Waals surface area (Å²) in [5.41, 5.74) is 7.90. The van der Waals surface area contributed by atoms with Crippen molar-refractivity contribution >= 4 is 17.7 Å². The van der Waals surface area contributed by atoms with E-state index in [1.54, 1.807) is 0 Å². The SMILES string of the molecule is C/C(=C\c1cc(C)c(-c2ccc(NC(C)C)cc2)cc1C)C(=O)NC1CCCCC1. The number of amides is 1. The quantitative estimate of drug-likeness (QED) is 0.530. The van der Waals surface area contributed by atoms with E-state index in [-0.39, 0.29) is 5.91 Å². The molecule has 2 aromatic carbocycles. The van der Waals surface area contributed by atoms with Crippen LogP contribution in [-0.4, -0.2) is 18.0 Å². The van der Waals surface area contributed by atoms with Crippen molar-refractivity contribution in [1.82, 2.24) is 5.32 Å². The van der Waals surface area contributed by atoms with Crippen molar-refractivity contribution in [3.8, 4) is 11.1 Å². The van der Waals surface area contributed by atoms with Crippen LogP contribution in [0, 0.1) is 13.8 Å². The number of carbonyl (C=O) groups is 1. The van der Waals surface area contributed by atoms with Crippen molar-refractivity contribution in [2.24, 2.45) is 0 Å². The Balaban J connectivity index is 1.76. The van der Waals surface area contributed by atoms with Crippen LogP contribution in [0.2, 0.25) is 0 Å². The Morgan fingerprint density at radius 1 is 1.00 bits per heavy atom. The van der Waals surface area contributed by atoms with Gasteiger partial charge in [-0.3, -0.25) is 4.79 Å². The fourth-order valence-corrected chi connectivity index (χ4v) is 4.23. The molecule has 1 fully saturated rings. The van der Waals surface area contributed by atoms with Gasteiger partial charge in [0.25, 0.3) is 0 Å². The molecule has 0 atom stereocenters. The summed E-state index contributed by atoms with van der Waals surface area (Å²) in [5, 5.41) is 6.65. The number of carbonyl (C=O) groups excluding carboxylic acids is 1. The molecule has 30 heavy (non-hydrogen) atoms. The lowest BCUT2D eigenvalue weighted by molar-refractivity contribution is -0.118. The lowest BCUT2D eigenvalue weighted by Gasteiger charge is -2.23. The normalized spacial score (nSPS) is 15.3. The van der Waals surface area contributed by atoms with Crippen molar-refractivity contribution in [3.05, 3.63) is 58.7 Å². The van der Waals surface area contributed by atoms with Crippen molar-refractivity contribution in [2.75, 3.05) is 5.32 Å². The molecule has 0 aliphatic heterocycles. The average Bonchev–Trinajstić information content (AvgIpc) is 2.71. The molecular formula is C27H36N2O. The predicted molar refractivity (Wildman–Crippen MR) is 129 cm³/mol. The summed E-state index contributed by atoms with van der Waals surface area (Å²) >= 11 is 0. The molecule has 0 bridgehead atoms. The predicted octanol–water partition coefficient (Wildman–Crippen LogP) is 6.64. The van der Waals surface area contributed by atoms with Gasteiger partial charge in [-0.1, -0.05) is 43.5 Å². The summed E-state index contributed by atoms with van der Waals surface area (Å²) in [4.78, 5) is 12.6. The Morgan fingerprint density at radius 3 is 2.30 bits per heavy atom. The highest BCUT2D eigenvalue weighted by Crippen LogP contribution is 2.29. The topological polar surface area (TPSA) is 41.1 Å². The zero-order valence-corrected chi connectivity index (χ0v) is 19.1. The molecular weight excluding hydrogens is 368 g/mol. The van der Waals surface area contributed by atoms with E-state index in [1.165, 1.54) is 41.5 Å². The first-order valence-corrected chi connectivity index (χ1v) is 11.3. The Labute approximate surface area is 182 Å². The number of rotatable bonds is 6. The summed E-state index contributed by atoms with van der Waals surface area (Å²) in [6.45, 7) is 10.5. The van der Waals surface area contributed by atoms with E-state index in [0.29, 0.717) is 12.1 Å². The fourth-order valence-electron chi connectivity index (χ4n) is 4.23. The molecule has 160 valence electrons. The largest absolute Gasteiger partial charge is 0.383 e. The number of aryl methyl sites for hydroxylation is 2. The van der Waals surface area contributed by atoms with Gasteiger partial charge in [-0.2, -0.15) is 0 Å². The molecule has 3 rings (SSSR count). The van der Waals surface area contributed by atoms with E-state index < -0.39 is 0 Å². The Hall–Kier alpha value is -2.55. The second kappa shape index (κ2) is 9.97. The number of hydrogen-bond donors (Lipinski definition) is 2. The minimum Gasteiger partial charge on any atom is -0.383 e. The summed E-state index contributed by atoms with van der Waals surface area (Å²) in [6, 6.07) is 13.8. The molecule has 1 aliphatic rings. The molecule has 0 saturated heterocycles. The van der Waals surface area contributed by atoms with Gasteiger partial charge >= 0.3 is 0 Å². The van der Waals surface area contributed by atoms with Gasteiger partial charge in [0.15, 0.2) is 0 Å². The van der Waals surface area contributed by atoms with Crippen LogP contribution < -0.4 is 10.6 Å². The van der Waals surface area contributed by atoms with E-state index in [9.17, 15) is 4.79 Å². The third-order valence-corrected chi connectivity index (χ3v) is 5.93. The number of anilines is 1. The molecule has 0 aromatic heterocycles. The van der Waals surface area contributed by atoms with Crippen LogP contribution in [0.25, 0.3) is 17.2 Å².